The van der Waals surface area contributed by atoms with E-state index in [4.69, 9.17) is 9.47 Å². The summed E-state index contributed by atoms with van der Waals surface area (Å²) in [5, 5.41) is 11.4. The zero-order valence-corrected chi connectivity index (χ0v) is 20.8. The van der Waals surface area contributed by atoms with Gasteiger partial charge in [0.15, 0.2) is 5.13 Å². The highest BCUT2D eigenvalue weighted by Crippen LogP contribution is 2.44. The van der Waals surface area contributed by atoms with Crippen molar-refractivity contribution < 1.29 is 29.0 Å². The summed E-state index contributed by atoms with van der Waals surface area (Å²) in [5.41, 5.74) is 2.20. The molecule has 36 heavy (non-hydrogen) atoms. The number of amides is 1. The molecule has 2 heterocycles. The largest absolute Gasteiger partial charge is 0.507 e. The van der Waals surface area contributed by atoms with Crippen molar-refractivity contribution in [1.29, 1.82) is 0 Å². The number of aliphatic hydroxyl groups is 1. The second-order valence-corrected chi connectivity index (χ2v) is 9.09. The molecule has 8 nitrogen and oxygen atoms in total. The molecule has 9 heteroatoms. The Labute approximate surface area is 212 Å². The molecule has 2 aromatic carbocycles. The number of anilines is 1. The molecule has 0 aliphatic carbocycles. The van der Waals surface area contributed by atoms with E-state index in [0.717, 1.165) is 16.9 Å². The highest BCUT2D eigenvalue weighted by molar-refractivity contribution is 7.17. The second kappa shape index (κ2) is 10.2. The molecule has 1 atom stereocenters. The van der Waals surface area contributed by atoms with Crippen molar-refractivity contribution in [3.63, 3.8) is 0 Å². The van der Waals surface area contributed by atoms with E-state index in [1.165, 1.54) is 18.1 Å². The molecule has 0 bridgehead atoms. The standard InChI is InChI=1S/C27H24N2O6S/c1-5-13-35-26(33)24-16(3)28-27(36-24)29-21(17-11-9-15(2)10-12-17)20(23(31)25(29)32)22(30)18-7-6-8-19(14-18)34-4/h5-12,14,21,30H,1,13H2,2-4H3. The number of thiazole rings is 1. The van der Waals surface area contributed by atoms with Gasteiger partial charge in [0.25, 0.3) is 5.78 Å². The summed E-state index contributed by atoms with van der Waals surface area (Å²) in [5.74, 6) is -2.16. The third-order valence-electron chi connectivity index (χ3n) is 5.69. The molecule has 3 aromatic rings. The number of methoxy groups -OCH3 is 1. The number of rotatable bonds is 7. The van der Waals surface area contributed by atoms with Crippen LogP contribution in [0, 0.1) is 13.8 Å². The zero-order valence-electron chi connectivity index (χ0n) is 20.0. The quantitative estimate of drug-likeness (QED) is 0.163. The molecule has 1 unspecified atom stereocenters. The first-order chi connectivity index (χ1) is 17.3. The van der Waals surface area contributed by atoms with Crippen LogP contribution in [0.2, 0.25) is 0 Å². The fraction of sp³-hybridized carbons (Fsp3) is 0.185. The zero-order chi connectivity index (χ0) is 26.0. The minimum atomic E-state index is -0.959. The highest BCUT2D eigenvalue weighted by atomic mass is 32.1. The van der Waals surface area contributed by atoms with E-state index in [-0.39, 0.29) is 27.9 Å². The van der Waals surface area contributed by atoms with Gasteiger partial charge in [-0.2, -0.15) is 0 Å². The summed E-state index contributed by atoms with van der Waals surface area (Å²) in [4.78, 5) is 45.0. The number of hydrogen-bond donors (Lipinski definition) is 1. The van der Waals surface area contributed by atoms with Gasteiger partial charge in [-0.05, 0) is 31.5 Å². The molecule has 1 saturated heterocycles. The van der Waals surface area contributed by atoms with Gasteiger partial charge in [-0.1, -0.05) is 66.0 Å². The van der Waals surface area contributed by atoms with Crippen molar-refractivity contribution in [1.82, 2.24) is 4.98 Å². The first-order valence-corrected chi connectivity index (χ1v) is 11.9. The second-order valence-electron chi connectivity index (χ2n) is 8.11. The van der Waals surface area contributed by atoms with Crippen molar-refractivity contribution in [3.05, 3.63) is 94.0 Å². The van der Waals surface area contributed by atoms with E-state index in [0.29, 0.717) is 22.6 Å². The van der Waals surface area contributed by atoms with Crippen LogP contribution in [0.25, 0.3) is 5.76 Å². The first kappa shape index (κ1) is 24.9. The summed E-state index contributed by atoms with van der Waals surface area (Å²) in [7, 11) is 1.49. The van der Waals surface area contributed by atoms with Crippen LogP contribution in [0.4, 0.5) is 5.13 Å². The van der Waals surface area contributed by atoms with Crippen LogP contribution in [-0.2, 0) is 14.3 Å². The summed E-state index contributed by atoms with van der Waals surface area (Å²) in [6.45, 7) is 7.10. The number of hydrogen-bond acceptors (Lipinski definition) is 8. The number of carbonyl (C=O) groups excluding carboxylic acids is 3. The molecule has 1 aliphatic heterocycles. The molecule has 1 aromatic heterocycles. The molecule has 1 aliphatic rings. The van der Waals surface area contributed by atoms with Crippen molar-refractivity contribution in [2.75, 3.05) is 18.6 Å². The van der Waals surface area contributed by atoms with Crippen molar-refractivity contribution in [2.45, 2.75) is 19.9 Å². The molecule has 1 amide bonds. The molecule has 0 spiro atoms. The fourth-order valence-corrected chi connectivity index (χ4v) is 4.88. The maximum absolute atomic E-state index is 13.3. The van der Waals surface area contributed by atoms with Crippen LogP contribution in [0.15, 0.2) is 66.8 Å². The van der Waals surface area contributed by atoms with E-state index in [9.17, 15) is 19.5 Å². The smallest absolute Gasteiger partial charge is 0.350 e. The number of benzene rings is 2. The molecular weight excluding hydrogens is 480 g/mol. The van der Waals surface area contributed by atoms with Gasteiger partial charge in [-0.25, -0.2) is 9.78 Å². The Bertz CT molecular complexity index is 1390. The predicted octanol–water partition coefficient (Wildman–Crippen LogP) is 4.74. The van der Waals surface area contributed by atoms with Gasteiger partial charge in [0.2, 0.25) is 0 Å². The Kier molecular flexibility index (Phi) is 7.03. The Hall–Kier alpha value is -4.24. The average Bonchev–Trinajstić information content (AvgIpc) is 3.39. The number of carbonyl (C=O) groups is 3. The minimum absolute atomic E-state index is 0.0277. The lowest BCUT2D eigenvalue weighted by Gasteiger charge is -2.23. The lowest BCUT2D eigenvalue weighted by Crippen LogP contribution is -2.29. The molecule has 184 valence electrons. The summed E-state index contributed by atoms with van der Waals surface area (Å²) in [6.07, 6.45) is 1.45. The first-order valence-electron chi connectivity index (χ1n) is 11.0. The van der Waals surface area contributed by atoms with E-state index in [2.05, 4.69) is 11.6 Å². The van der Waals surface area contributed by atoms with Gasteiger partial charge < -0.3 is 14.6 Å². The predicted molar refractivity (Wildman–Crippen MR) is 136 cm³/mol. The van der Waals surface area contributed by atoms with Crippen LogP contribution in [0.5, 0.6) is 5.75 Å². The van der Waals surface area contributed by atoms with Gasteiger partial charge in [0.05, 0.1) is 24.4 Å². The molecule has 1 fully saturated rings. The topological polar surface area (TPSA) is 106 Å². The average molecular weight is 505 g/mol. The van der Waals surface area contributed by atoms with E-state index in [1.807, 2.05) is 19.1 Å². The maximum Gasteiger partial charge on any atom is 0.350 e. The number of ether oxygens (including phenoxy) is 2. The van der Waals surface area contributed by atoms with Gasteiger partial charge in [0, 0.05) is 5.56 Å². The SMILES string of the molecule is C=CCOC(=O)c1sc(N2C(=O)C(=O)C(=C(O)c3cccc(OC)c3)C2c2ccc(C)cc2)nc1C. The van der Waals surface area contributed by atoms with Crippen LogP contribution in [0.1, 0.15) is 38.1 Å². The maximum atomic E-state index is 13.3. The van der Waals surface area contributed by atoms with Crippen LogP contribution >= 0.6 is 11.3 Å². The van der Waals surface area contributed by atoms with Crippen LogP contribution < -0.4 is 9.64 Å². The Balaban J connectivity index is 1.88. The van der Waals surface area contributed by atoms with Crippen LogP contribution in [0.3, 0.4) is 0 Å². The number of aliphatic hydroxyl groups excluding tert-OH is 1. The number of Topliss-reactive ketones (excluding diaryl/α,β-unsaturated/α-hetero) is 1. The Morgan fingerprint density at radius 3 is 2.58 bits per heavy atom. The summed E-state index contributed by atoms with van der Waals surface area (Å²) < 4.78 is 10.4. The monoisotopic (exact) mass is 504 g/mol. The van der Waals surface area contributed by atoms with Crippen LogP contribution in [-0.4, -0.2) is 41.5 Å². The number of nitrogens with zero attached hydrogens (tertiary/aromatic N) is 2. The number of aryl methyl sites for hydroxylation is 2. The lowest BCUT2D eigenvalue weighted by molar-refractivity contribution is -0.132. The van der Waals surface area contributed by atoms with Gasteiger partial charge >= 0.3 is 11.9 Å². The van der Waals surface area contributed by atoms with Crippen molar-refractivity contribution in [3.8, 4) is 5.75 Å². The number of esters is 1. The van der Waals surface area contributed by atoms with Crippen molar-refractivity contribution >= 4 is 39.9 Å². The summed E-state index contributed by atoms with van der Waals surface area (Å²) >= 11 is 0.947. The normalized spacial score (nSPS) is 16.8. The van der Waals surface area contributed by atoms with E-state index < -0.39 is 23.7 Å². The third-order valence-corrected chi connectivity index (χ3v) is 6.83. The minimum Gasteiger partial charge on any atom is -0.507 e. The summed E-state index contributed by atoms with van der Waals surface area (Å²) in [6, 6.07) is 12.9. The van der Waals surface area contributed by atoms with Gasteiger partial charge in [-0.15, -0.1) is 0 Å². The van der Waals surface area contributed by atoms with Gasteiger partial charge in [-0.3, -0.25) is 14.5 Å². The highest BCUT2D eigenvalue weighted by Gasteiger charge is 2.48. The molecule has 1 N–H and O–H groups in total. The van der Waals surface area contributed by atoms with Gasteiger partial charge in [0.1, 0.15) is 23.0 Å². The third kappa shape index (κ3) is 4.52. The van der Waals surface area contributed by atoms with Crippen molar-refractivity contribution in [2.24, 2.45) is 0 Å². The Morgan fingerprint density at radius 1 is 1.19 bits per heavy atom. The fourth-order valence-electron chi connectivity index (χ4n) is 3.89. The molecule has 0 radical (unpaired) electrons. The molecular formula is C27H24N2O6S. The molecule has 4 rings (SSSR count). The number of ketones is 1. The Morgan fingerprint density at radius 2 is 1.92 bits per heavy atom. The van der Waals surface area contributed by atoms with E-state index >= 15 is 0 Å². The lowest BCUT2D eigenvalue weighted by atomic mass is 9.95. The molecule has 0 saturated carbocycles. The number of aromatic nitrogens is 1. The van der Waals surface area contributed by atoms with E-state index in [1.54, 1.807) is 43.3 Å².